The maximum Gasteiger partial charge on any atom is 0.260 e. The molecule has 0 spiro atoms. The van der Waals surface area contributed by atoms with E-state index in [4.69, 9.17) is 37.4 Å². The van der Waals surface area contributed by atoms with Crippen LogP contribution in [-0.4, -0.2) is 55.1 Å². The molecule has 11 nitrogen and oxygen atoms in total. The summed E-state index contributed by atoms with van der Waals surface area (Å²) in [6.07, 6.45) is 2.25. The Morgan fingerprint density at radius 3 is 2.11 bits per heavy atom. The van der Waals surface area contributed by atoms with E-state index in [2.05, 4.69) is 21.4 Å². The molecule has 0 bridgehead atoms. The van der Waals surface area contributed by atoms with E-state index in [1.54, 1.807) is 72.8 Å². The van der Waals surface area contributed by atoms with Crippen molar-refractivity contribution in [3.8, 4) is 23.0 Å². The van der Waals surface area contributed by atoms with E-state index >= 15 is 9.59 Å². The van der Waals surface area contributed by atoms with Gasteiger partial charge in [-0.2, -0.15) is 5.01 Å². The first-order valence-electron chi connectivity index (χ1n) is 17.5. The van der Waals surface area contributed by atoms with E-state index in [1.165, 1.54) is 32.3 Å². The first-order chi connectivity index (χ1) is 26.4. The number of amides is 4. The number of phenolic OH excluding ortho intramolecular Hbond substituents is 1. The zero-order valence-electron chi connectivity index (χ0n) is 29.7. The molecule has 8 rings (SSSR count). The van der Waals surface area contributed by atoms with Gasteiger partial charge in [-0.1, -0.05) is 62.9 Å². The van der Waals surface area contributed by atoms with Crippen molar-refractivity contribution in [2.75, 3.05) is 31.7 Å². The summed E-state index contributed by atoms with van der Waals surface area (Å²) < 4.78 is 17.5. The highest BCUT2D eigenvalue weighted by molar-refractivity contribution is 9.10. The number of benzene rings is 4. The van der Waals surface area contributed by atoms with E-state index in [9.17, 15) is 14.7 Å². The molecule has 4 aromatic rings. The molecule has 3 fully saturated rings. The third-order valence-corrected chi connectivity index (χ3v) is 12.6. The number of allylic oxidation sites excluding steroid dienone is 2. The smallest absolute Gasteiger partial charge is 0.260 e. The first kappa shape index (κ1) is 36.9. The fourth-order valence-corrected chi connectivity index (χ4v) is 9.86. The number of ether oxygens (including phenoxy) is 3. The zero-order chi connectivity index (χ0) is 38.9. The monoisotopic (exact) mass is 845 g/mol. The molecule has 0 unspecified atom stereocenters. The van der Waals surface area contributed by atoms with Crippen LogP contribution >= 0.6 is 39.1 Å². The van der Waals surface area contributed by atoms with Crippen LogP contribution < -0.4 is 24.5 Å². The zero-order valence-corrected chi connectivity index (χ0v) is 32.8. The SMILES string of the molecule is COc1ccc([C@@]23C(=O)N(Nc4ccc(Cl)cc4Cl)C(=O)[C@@H]2C[C@@H]2C(=CC[C@@H]4C(=O)N(c5ccc(Br)cc5)C(=O)[C@@H]42)[C@@H]3c2cc(OC)c(O)c(OC)c2)cc1. The molecule has 2 heterocycles. The van der Waals surface area contributed by atoms with Gasteiger partial charge in [0.1, 0.15) is 5.75 Å². The van der Waals surface area contributed by atoms with Crippen molar-refractivity contribution in [1.29, 1.82) is 0 Å². The Labute approximate surface area is 334 Å². The van der Waals surface area contributed by atoms with Crippen molar-refractivity contribution >= 4 is 74.1 Å². The lowest BCUT2D eigenvalue weighted by molar-refractivity contribution is -0.138. The van der Waals surface area contributed by atoms with Crippen LogP contribution in [0.15, 0.2) is 95.0 Å². The highest BCUT2D eigenvalue weighted by atomic mass is 79.9. The van der Waals surface area contributed by atoms with E-state index in [1.807, 2.05) is 6.08 Å². The molecule has 55 heavy (non-hydrogen) atoms. The van der Waals surface area contributed by atoms with E-state index < -0.39 is 46.8 Å². The van der Waals surface area contributed by atoms with Gasteiger partial charge in [0.05, 0.1) is 60.9 Å². The Morgan fingerprint density at radius 2 is 1.49 bits per heavy atom. The van der Waals surface area contributed by atoms with Crippen LogP contribution in [0.5, 0.6) is 23.0 Å². The second-order valence-electron chi connectivity index (χ2n) is 14.0. The summed E-state index contributed by atoms with van der Waals surface area (Å²) >= 11 is 16.2. The predicted octanol–water partition coefficient (Wildman–Crippen LogP) is 7.68. The van der Waals surface area contributed by atoms with Crippen LogP contribution in [0, 0.1) is 23.7 Å². The molecule has 1 saturated carbocycles. The van der Waals surface area contributed by atoms with Gasteiger partial charge >= 0.3 is 0 Å². The molecule has 0 aromatic heterocycles. The number of fused-ring (bicyclic) bond motifs is 4. The molecule has 6 atom stereocenters. The number of carbonyl (C=O) groups excluding carboxylic acids is 4. The lowest BCUT2D eigenvalue weighted by atomic mass is 9.49. The lowest BCUT2D eigenvalue weighted by Gasteiger charge is -2.50. The van der Waals surface area contributed by atoms with Crippen molar-refractivity contribution < 1.29 is 38.5 Å². The van der Waals surface area contributed by atoms with Crippen LogP contribution in [0.4, 0.5) is 11.4 Å². The van der Waals surface area contributed by atoms with Crippen LogP contribution in [0.3, 0.4) is 0 Å². The molecule has 14 heteroatoms. The molecule has 2 saturated heterocycles. The number of anilines is 2. The lowest BCUT2D eigenvalue weighted by Crippen LogP contribution is -2.53. The van der Waals surface area contributed by atoms with Crippen LogP contribution in [-0.2, 0) is 24.6 Å². The summed E-state index contributed by atoms with van der Waals surface area (Å²) in [6, 6.07) is 21.9. The minimum absolute atomic E-state index is 0.0756. The topological polar surface area (TPSA) is 135 Å². The standard InChI is InChI=1S/C41H34BrCl2N3O8/c1-53-25-11-4-21(5-12-25)41-29(38(50)47(40(41)52)45-31-15-8-23(43)18-30(31)44)19-28-26(35(41)20-16-32(54-2)36(48)33(17-20)55-3)13-14-27-34(28)39(51)46(37(27)49)24-9-6-22(42)7-10-24/h4-13,15-18,27-29,34-35,45,48H,14,19H2,1-3H3/t27-,28+,29-,34-,35-,41+/m0/s1. The Kier molecular flexibility index (Phi) is 9.34. The molecular weight excluding hydrogens is 813 g/mol. The third-order valence-electron chi connectivity index (χ3n) is 11.5. The van der Waals surface area contributed by atoms with Gasteiger partial charge in [0, 0.05) is 15.4 Å². The number of hydrazine groups is 1. The summed E-state index contributed by atoms with van der Waals surface area (Å²) in [4.78, 5) is 60.5. The Balaban J connectivity index is 1.36. The molecule has 4 aromatic carbocycles. The van der Waals surface area contributed by atoms with Gasteiger partial charge in [0.25, 0.3) is 11.8 Å². The van der Waals surface area contributed by atoms with E-state index in [0.29, 0.717) is 27.6 Å². The van der Waals surface area contributed by atoms with Crippen LogP contribution in [0.2, 0.25) is 10.0 Å². The number of halogens is 3. The fraction of sp³-hybridized carbons (Fsp3) is 0.268. The van der Waals surface area contributed by atoms with Gasteiger partial charge in [-0.15, -0.1) is 0 Å². The van der Waals surface area contributed by atoms with Crippen molar-refractivity contribution in [3.05, 3.63) is 116 Å². The van der Waals surface area contributed by atoms with Gasteiger partial charge in [-0.05, 0) is 96.6 Å². The van der Waals surface area contributed by atoms with E-state index in [0.717, 1.165) is 15.1 Å². The van der Waals surface area contributed by atoms with Gasteiger partial charge < -0.3 is 19.3 Å². The van der Waals surface area contributed by atoms with Crippen LogP contribution in [0.25, 0.3) is 0 Å². The number of methoxy groups -OCH3 is 3. The Morgan fingerprint density at radius 1 is 0.818 bits per heavy atom. The van der Waals surface area contributed by atoms with Crippen molar-refractivity contribution in [1.82, 2.24) is 5.01 Å². The molecule has 282 valence electrons. The molecule has 2 aliphatic heterocycles. The van der Waals surface area contributed by atoms with Gasteiger partial charge in [0.15, 0.2) is 11.5 Å². The second kappa shape index (κ2) is 13.9. The largest absolute Gasteiger partial charge is 0.502 e. The summed E-state index contributed by atoms with van der Waals surface area (Å²) in [7, 11) is 4.34. The summed E-state index contributed by atoms with van der Waals surface area (Å²) in [5.74, 6) is -5.43. The number of rotatable bonds is 8. The fourth-order valence-electron chi connectivity index (χ4n) is 9.14. The number of imide groups is 2. The summed E-state index contributed by atoms with van der Waals surface area (Å²) in [5.41, 5.74) is 3.83. The van der Waals surface area contributed by atoms with Crippen molar-refractivity contribution in [2.45, 2.75) is 24.2 Å². The van der Waals surface area contributed by atoms with E-state index in [-0.39, 0.29) is 52.6 Å². The average molecular weight is 848 g/mol. The molecule has 4 amide bonds. The quantitative estimate of drug-likeness (QED) is 0.135. The summed E-state index contributed by atoms with van der Waals surface area (Å²) in [6.45, 7) is 0. The van der Waals surface area contributed by atoms with Crippen molar-refractivity contribution in [3.63, 3.8) is 0 Å². The number of phenols is 1. The maximum absolute atomic E-state index is 15.5. The molecule has 0 radical (unpaired) electrons. The molecule has 4 aliphatic rings. The number of carbonyl (C=O) groups is 4. The van der Waals surface area contributed by atoms with Gasteiger partial charge in [0.2, 0.25) is 17.6 Å². The Bertz CT molecular complexity index is 2280. The molecule has 2 N–H and O–H groups in total. The average Bonchev–Trinajstić information content (AvgIpc) is 3.57. The second-order valence-corrected chi connectivity index (χ2v) is 15.7. The summed E-state index contributed by atoms with van der Waals surface area (Å²) in [5, 5.41) is 12.6. The predicted molar refractivity (Wildman–Crippen MR) is 208 cm³/mol. The minimum Gasteiger partial charge on any atom is -0.502 e. The number of nitrogens with zero attached hydrogens (tertiary/aromatic N) is 2. The first-order valence-corrected chi connectivity index (χ1v) is 19.0. The van der Waals surface area contributed by atoms with Crippen LogP contribution in [0.1, 0.15) is 29.9 Å². The molecule has 2 aliphatic carbocycles. The molecular formula is C41H34BrCl2N3O8. The number of nitrogens with one attached hydrogen (secondary N) is 1. The van der Waals surface area contributed by atoms with Gasteiger partial charge in [-0.25, -0.2) is 0 Å². The highest BCUT2D eigenvalue weighted by Crippen LogP contribution is 2.65. The normalized spacial score (nSPS) is 25.6. The van der Waals surface area contributed by atoms with Crippen molar-refractivity contribution in [2.24, 2.45) is 23.7 Å². The van der Waals surface area contributed by atoms with Gasteiger partial charge in [-0.3, -0.25) is 29.5 Å². The Hall–Kier alpha value is -5.04. The third kappa shape index (κ3) is 5.59. The minimum atomic E-state index is -1.62. The highest BCUT2D eigenvalue weighted by Gasteiger charge is 2.70. The maximum atomic E-state index is 15.5. The number of hydrogen-bond donors (Lipinski definition) is 2. The number of hydrogen-bond acceptors (Lipinski definition) is 9. The number of aromatic hydroxyl groups is 1.